The molecule has 0 spiro atoms. The lowest BCUT2D eigenvalue weighted by Crippen LogP contribution is -2.15. The van der Waals surface area contributed by atoms with E-state index in [9.17, 15) is 13.2 Å². The average molecular weight is 364 g/mol. The van der Waals surface area contributed by atoms with E-state index >= 15 is 0 Å². The number of amides is 1. The second-order valence-corrected chi connectivity index (χ2v) is 6.65. The molecule has 7 nitrogen and oxygen atoms in total. The molecule has 0 heterocycles. The molecule has 2 rings (SSSR count). The van der Waals surface area contributed by atoms with Gasteiger partial charge in [0.25, 0.3) is 5.91 Å². The van der Waals surface area contributed by atoms with Gasteiger partial charge in [-0.1, -0.05) is 6.07 Å². The zero-order chi connectivity index (χ0) is 18.4. The Balaban J connectivity index is 2.28. The van der Waals surface area contributed by atoms with E-state index in [4.69, 9.17) is 14.6 Å². The van der Waals surface area contributed by atoms with Crippen LogP contribution in [0.25, 0.3) is 0 Å². The van der Waals surface area contributed by atoms with E-state index in [-0.39, 0.29) is 4.90 Å². The van der Waals surface area contributed by atoms with E-state index < -0.39 is 15.9 Å². The summed E-state index contributed by atoms with van der Waals surface area (Å²) in [5.41, 5.74) is 0.645. The van der Waals surface area contributed by atoms with Crippen LogP contribution < -0.4 is 19.9 Å². The summed E-state index contributed by atoms with van der Waals surface area (Å²) in [4.78, 5) is 12.4. The van der Waals surface area contributed by atoms with Crippen molar-refractivity contribution >= 4 is 21.6 Å². The molecular weight excluding hydrogens is 344 g/mol. The summed E-state index contributed by atoms with van der Waals surface area (Å²) in [5, 5.41) is 7.74. The van der Waals surface area contributed by atoms with Crippen molar-refractivity contribution in [3.05, 3.63) is 48.0 Å². The van der Waals surface area contributed by atoms with Crippen LogP contribution in [0.15, 0.2) is 47.4 Å². The van der Waals surface area contributed by atoms with Crippen LogP contribution in [0.1, 0.15) is 24.2 Å². The Morgan fingerprint density at radius 1 is 1.04 bits per heavy atom. The second-order valence-electron chi connectivity index (χ2n) is 5.09. The van der Waals surface area contributed by atoms with Crippen molar-refractivity contribution in [2.45, 2.75) is 18.7 Å². The predicted molar refractivity (Wildman–Crippen MR) is 94.5 cm³/mol. The minimum Gasteiger partial charge on any atom is -0.494 e. The maximum Gasteiger partial charge on any atom is 0.255 e. The molecular formula is C17H20N2O5S. The second kappa shape index (κ2) is 8.00. The predicted octanol–water partition coefficient (Wildman–Crippen LogP) is 2.38. The van der Waals surface area contributed by atoms with Crippen molar-refractivity contribution in [3.63, 3.8) is 0 Å². The van der Waals surface area contributed by atoms with Gasteiger partial charge < -0.3 is 14.8 Å². The summed E-state index contributed by atoms with van der Waals surface area (Å²) >= 11 is 0. The van der Waals surface area contributed by atoms with Gasteiger partial charge in [-0.25, -0.2) is 13.6 Å². The van der Waals surface area contributed by atoms with Crippen LogP contribution in [-0.4, -0.2) is 27.5 Å². The van der Waals surface area contributed by atoms with Crippen LogP contribution in [0.5, 0.6) is 11.5 Å². The third kappa shape index (κ3) is 5.20. The highest BCUT2D eigenvalue weighted by Crippen LogP contribution is 2.24. The maximum absolute atomic E-state index is 12.5. The maximum atomic E-state index is 12.5. The molecule has 0 aromatic heterocycles. The SMILES string of the molecule is CCOc1cc(OCC)cc(C(=O)Nc2cccc(S(N)(=O)=O)c2)c1. The highest BCUT2D eigenvalue weighted by Gasteiger charge is 2.13. The van der Waals surface area contributed by atoms with E-state index in [1.54, 1.807) is 24.3 Å². The fraction of sp³-hybridized carbons (Fsp3) is 0.235. The van der Waals surface area contributed by atoms with Crippen molar-refractivity contribution < 1.29 is 22.7 Å². The molecule has 8 heteroatoms. The van der Waals surface area contributed by atoms with Gasteiger partial charge in [0.2, 0.25) is 10.0 Å². The molecule has 0 saturated carbocycles. The summed E-state index contributed by atoms with van der Waals surface area (Å²) in [7, 11) is -3.85. The number of hydrogen-bond donors (Lipinski definition) is 2. The molecule has 0 unspecified atom stereocenters. The number of hydrogen-bond acceptors (Lipinski definition) is 5. The first-order valence-electron chi connectivity index (χ1n) is 7.68. The van der Waals surface area contributed by atoms with Crippen molar-refractivity contribution in [2.75, 3.05) is 18.5 Å². The van der Waals surface area contributed by atoms with E-state index in [1.165, 1.54) is 18.2 Å². The highest BCUT2D eigenvalue weighted by molar-refractivity contribution is 7.89. The minimum atomic E-state index is -3.85. The first kappa shape index (κ1) is 18.8. The van der Waals surface area contributed by atoms with Gasteiger partial charge in [-0.2, -0.15) is 0 Å². The number of nitrogens with two attached hydrogens (primary N) is 1. The van der Waals surface area contributed by atoms with Crippen molar-refractivity contribution in [1.82, 2.24) is 0 Å². The standard InChI is InChI=1S/C17H20N2O5S/c1-3-23-14-8-12(9-15(11-14)24-4-2)17(20)19-13-6-5-7-16(10-13)25(18,21)22/h5-11H,3-4H2,1-2H3,(H,19,20)(H2,18,21,22). The number of primary sulfonamides is 1. The fourth-order valence-electron chi connectivity index (χ4n) is 2.16. The molecule has 0 radical (unpaired) electrons. The molecule has 2 aromatic carbocycles. The fourth-order valence-corrected chi connectivity index (χ4v) is 2.72. The van der Waals surface area contributed by atoms with E-state index in [2.05, 4.69) is 5.32 Å². The summed E-state index contributed by atoms with van der Waals surface area (Å²) in [6, 6.07) is 10.6. The Morgan fingerprint density at radius 3 is 2.16 bits per heavy atom. The number of sulfonamides is 1. The molecule has 2 aromatic rings. The summed E-state index contributed by atoms with van der Waals surface area (Å²) < 4.78 is 33.7. The smallest absolute Gasteiger partial charge is 0.255 e. The number of anilines is 1. The molecule has 0 aliphatic heterocycles. The van der Waals surface area contributed by atoms with E-state index in [0.29, 0.717) is 36.0 Å². The zero-order valence-electron chi connectivity index (χ0n) is 14.0. The van der Waals surface area contributed by atoms with Gasteiger partial charge in [0.05, 0.1) is 18.1 Å². The minimum absolute atomic E-state index is 0.0802. The Labute approximate surface area is 146 Å². The molecule has 25 heavy (non-hydrogen) atoms. The van der Waals surface area contributed by atoms with Gasteiger partial charge in [-0.3, -0.25) is 4.79 Å². The highest BCUT2D eigenvalue weighted by atomic mass is 32.2. The molecule has 0 bridgehead atoms. The van der Waals surface area contributed by atoms with Gasteiger partial charge in [0, 0.05) is 17.3 Å². The van der Waals surface area contributed by atoms with Gasteiger partial charge in [-0.15, -0.1) is 0 Å². The van der Waals surface area contributed by atoms with Crippen LogP contribution in [0.2, 0.25) is 0 Å². The molecule has 0 aliphatic rings. The van der Waals surface area contributed by atoms with Gasteiger partial charge >= 0.3 is 0 Å². The number of benzene rings is 2. The topological polar surface area (TPSA) is 108 Å². The lowest BCUT2D eigenvalue weighted by atomic mass is 10.1. The first-order valence-corrected chi connectivity index (χ1v) is 9.23. The summed E-state index contributed by atoms with van der Waals surface area (Å²) in [6.07, 6.45) is 0. The molecule has 1 amide bonds. The molecule has 0 saturated heterocycles. The Bertz CT molecular complexity index is 841. The van der Waals surface area contributed by atoms with E-state index in [0.717, 1.165) is 0 Å². The van der Waals surface area contributed by atoms with Crippen LogP contribution in [0.4, 0.5) is 5.69 Å². The molecule has 0 fully saturated rings. The van der Waals surface area contributed by atoms with Crippen molar-refractivity contribution in [3.8, 4) is 11.5 Å². The normalized spacial score (nSPS) is 11.0. The largest absolute Gasteiger partial charge is 0.494 e. The number of ether oxygens (including phenoxy) is 2. The van der Waals surface area contributed by atoms with Gasteiger partial charge in [0.1, 0.15) is 11.5 Å². The Hall–Kier alpha value is -2.58. The monoisotopic (exact) mass is 364 g/mol. The number of nitrogens with one attached hydrogen (secondary N) is 1. The molecule has 0 atom stereocenters. The quantitative estimate of drug-likeness (QED) is 0.784. The van der Waals surface area contributed by atoms with Crippen LogP contribution >= 0.6 is 0 Å². The molecule has 0 aliphatic carbocycles. The van der Waals surface area contributed by atoms with Crippen LogP contribution in [-0.2, 0) is 10.0 Å². The lowest BCUT2D eigenvalue weighted by Gasteiger charge is -2.11. The van der Waals surface area contributed by atoms with Crippen LogP contribution in [0, 0.1) is 0 Å². The third-order valence-corrected chi connectivity index (χ3v) is 4.10. The van der Waals surface area contributed by atoms with E-state index in [1.807, 2.05) is 13.8 Å². The van der Waals surface area contributed by atoms with Crippen LogP contribution in [0.3, 0.4) is 0 Å². The molecule has 134 valence electrons. The Kier molecular flexibility index (Phi) is 6.00. The summed E-state index contributed by atoms with van der Waals surface area (Å²) in [5.74, 6) is 0.600. The van der Waals surface area contributed by atoms with Gasteiger partial charge in [-0.05, 0) is 44.2 Å². The zero-order valence-corrected chi connectivity index (χ0v) is 14.8. The first-order chi connectivity index (χ1) is 11.8. The Morgan fingerprint density at radius 2 is 1.64 bits per heavy atom. The number of rotatable bonds is 7. The number of carbonyl (C=O) groups is 1. The van der Waals surface area contributed by atoms with Crippen molar-refractivity contribution in [2.24, 2.45) is 5.14 Å². The average Bonchev–Trinajstić information content (AvgIpc) is 2.55. The molecule has 3 N–H and O–H groups in total. The number of carbonyl (C=O) groups excluding carboxylic acids is 1. The lowest BCUT2D eigenvalue weighted by molar-refractivity contribution is 0.102. The third-order valence-electron chi connectivity index (χ3n) is 3.18. The van der Waals surface area contributed by atoms with Gasteiger partial charge in [0.15, 0.2) is 0 Å². The van der Waals surface area contributed by atoms with Crippen molar-refractivity contribution in [1.29, 1.82) is 0 Å². The summed E-state index contributed by atoms with van der Waals surface area (Å²) in [6.45, 7) is 4.58.